The first-order chi connectivity index (χ1) is 13.6. The van der Waals surface area contributed by atoms with Crippen molar-refractivity contribution in [3.05, 3.63) is 90.6 Å². The molecule has 0 aliphatic rings. The van der Waals surface area contributed by atoms with Gasteiger partial charge in [0.05, 0.1) is 11.1 Å². The largest absolute Gasteiger partial charge is 0.294 e. The minimum atomic E-state index is -0.552. The lowest BCUT2D eigenvalue weighted by Gasteiger charge is -2.13. The van der Waals surface area contributed by atoms with Crippen LogP contribution >= 0.6 is 11.3 Å². The van der Waals surface area contributed by atoms with E-state index in [4.69, 9.17) is 0 Å². The average molecular weight is 410 g/mol. The summed E-state index contributed by atoms with van der Waals surface area (Å²) < 4.78 is 16.3. The van der Waals surface area contributed by atoms with Crippen LogP contribution < -0.4 is 14.8 Å². The fourth-order valence-corrected chi connectivity index (χ4v) is 3.86. The summed E-state index contributed by atoms with van der Waals surface area (Å²) in [4.78, 5) is 25.7. The molecular weight excluding hydrogens is 385 g/mol. The van der Waals surface area contributed by atoms with Crippen LogP contribution in [0.1, 0.15) is 37.5 Å². The molecule has 0 aliphatic carbocycles. The summed E-state index contributed by atoms with van der Waals surface area (Å²) in [5, 5.41) is 0. The maximum atomic E-state index is 13.6. The molecule has 150 valence electrons. The molecule has 2 aromatic carbocycles. The third-order valence-corrected chi connectivity index (χ3v) is 5.69. The van der Waals surface area contributed by atoms with Gasteiger partial charge in [-0.15, -0.1) is 11.3 Å². The quantitative estimate of drug-likeness (QED) is 0.660. The fraction of sp³-hybridized carbons (Fsp3) is 0.250. The summed E-state index contributed by atoms with van der Waals surface area (Å²) >= 11 is 1.28. The Morgan fingerprint density at radius 3 is 2.52 bits per heavy atom. The van der Waals surface area contributed by atoms with E-state index in [0.29, 0.717) is 14.8 Å². The predicted molar refractivity (Wildman–Crippen MR) is 117 cm³/mol. The monoisotopic (exact) mass is 409 g/mol. The van der Waals surface area contributed by atoms with Crippen LogP contribution in [-0.4, -0.2) is 10.4 Å². The standard InChI is InChI=1S/C24H24FNO2S/c1-16-8-5-6-10-18(16)13-20-23(28)26(15-17-9-7-11-19(25)12-17)22(29-20)14-21(27)24(2,3)4/h5-14H,15H2,1-4H3. The van der Waals surface area contributed by atoms with Gasteiger partial charge in [-0.1, -0.05) is 57.2 Å². The molecule has 29 heavy (non-hydrogen) atoms. The van der Waals surface area contributed by atoms with Crippen LogP contribution in [0.15, 0.2) is 53.3 Å². The highest BCUT2D eigenvalue weighted by atomic mass is 32.1. The van der Waals surface area contributed by atoms with Gasteiger partial charge in [0.1, 0.15) is 10.5 Å². The Labute approximate surface area is 173 Å². The van der Waals surface area contributed by atoms with Crippen LogP contribution in [-0.2, 0) is 11.3 Å². The first-order valence-electron chi connectivity index (χ1n) is 9.43. The lowest BCUT2D eigenvalue weighted by Crippen LogP contribution is -2.33. The minimum Gasteiger partial charge on any atom is -0.294 e. The van der Waals surface area contributed by atoms with E-state index >= 15 is 0 Å². The molecule has 0 bridgehead atoms. The van der Waals surface area contributed by atoms with Crippen molar-refractivity contribution in [2.75, 3.05) is 0 Å². The summed E-state index contributed by atoms with van der Waals surface area (Å²) in [7, 11) is 0. The van der Waals surface area contributed by atoms with Crippen LogP contribution in [0.2, 0.25) is 0 Å². The van der Waals surface area contributed by atoms with Gasteiger partial charge in [-0.2, -0.15) is 0 Å². The van der Waals surface area contributed by atoms with Gasteiger partial charge in [0.15, 0.2) is 5.78 Å². The van der Waals surface area contributed by atoms with Crippen molar-refractivity contribution < 1.29 is 9.18 Å². The normalized spacial score (nSPS) is 13.1. The molecule has 5 heteroatoms. The summed E-state index contributed by atoms with van der Waals surface area (Å²) in [6, 6.07) is 14.0. The van der Waals surface area contributed by atoms with Gasteiger partial charge < -0.3 is 0 Å². The zero-order valence-electron chi connectivity index (χ0n) is 17.0. The lowest BCUT2D eigenvalue weighted by atomic mass is 9.91. The van der Waals surface area contributed by atoms with Gasteiger partial charge in [-0.25, -0.2) is 4.39 Å². The number of benzene rings is 2. The highest BCUT2D eigenvalue weighted by Gasteiger charge is 2.19. The van der Waals surface area contributed by atoms with E-state index in [0.717, 1.165) is 11.1 Å². The Balaban J connectivity index is 2.21. The molecule has 0 atom stereocenters. The number of ketones is 1. The van der Waals surface area contributed by atoms with Crippen molar-refractivity contribution in [1.29, 1.82) is 0 Å². The topological polar surface area (TPSA) is 39.1 Å². The van der Waals surface area contributed by atoms with Crippen LogP contribution in [0, 0.1) is 18.2 Å². The SMILES string of the molecule is Cc1ccccc1C=c1sc(=CC(=O)C(C)(C)C)n(Cc2cccc(F)c2)c1=O. The van der Waals surface area contributed by atoms with Gasteiger partial charge >= 0.3 is 0 Å². The third kappa shape index (κ3) is 4.98. The van der Waals surface area contributed by atoms with E-state index in [9.17, 15) is 14.0 Å². The number of hydrogen-bond acceptors (Lipinski definition) is 3. The molecule has 0 saturated carbocycles. The smallest absolute Gasteiger partial charge is 0.269 e. The molecule has 0 amide bonds. The first-order valence-corrected chi connectivity index (χ1v) is 10.2. The Morgan fingerprint density at radius 1 is 1.14 bits per heavy atom. The molecule has 3 nitrogen and oxygen atoms in total. The zero-order valence-corrected chi connectivity index (χ0v) is 17.8. The van der Waals surface area contributed by atoms with Gasteiger partial charge in [0.2, 0.25) is 0 Å². The Hall–Kier alpha value is -2.79. The number of aryl methyl sites for hydroxylation is 1. The molecule has 0 saturated heterocycles. The van der Waals surface area contributed by atoms with E-state index in [2.05, 4.69) is 0 Å². The molecule has 3 rings (SSSR count). The van der Waals surface area contributed by atoms with Crippen molar-refractivity contribution >= 4 is 29.3 Å². The summed E-state index contributed by atoms with van der Waals surface area (Å²) in [5.41, 5.74) is 1.95. The van der Waals surface area contributed by atoms with E-state index in [1.165, 1.54) is 29.5 Å². The third-order valence-electron chi connectivity index (χ3n) is 4.64. The number of thiazole rings is 1. The number of nitrogens with zero attached hydrogens (tertiary/aromatic N) is 1. The minimum absolute atomic E-state index is 0.0609. The second-order valence-corrected chi connectivity index (χ2v) is 9.15. The molecule has 0 radical (unpaired) electrons. The molecule has 3 aromatic rings. The number of rotatable bonds is 4. The molecule has 0 fully saturated rings. The highest BCUT2D eigenvalue weighted by molar-refractivity contribution is 7.07. The predicted octanol–water partition coefficient (Wildman–Crippen LogP) is 3.63. The fourth-order valence-electron chi connectivity index (χ4n) is 2.83. The number of carbonyl (C=O) groups is 1. The average Bonchev–Trinajstić information content (AvgIpc) is 2.92. The molecular formula is C24H24FNO2S. The number of halogens is 1. The van der Waals surface area contributed by atoms with Crippen LogP contribution in [0.25, 0.3) is 12.2 Å². The summed E-state index contributed by atoms with van der Waals surface area (Å²) in [5.74, 6) is -0.414. The zero-order chi connectivity index (χ0) is 21.2. The first kappa shape index (κ1) is 20.9. The van der Waals surface area contributed by atoms with E-state index in [1.54, 1.807) is 16.7 Å². The number of hydrogen-bond donors (Lipinski definition) is 0. The highest BCUT2D eigenvalue weighted by Crippen LogP contribution is 2.15. The number of Topliss-reactive ketones (excluding diaryl/α,β-unsaturated/α-hetero) is 1. The summed E-state index contributed by atoms with van der Waals surface area (Å²) in [6.45, 7) is 7.72. The van der Waals surface area contributed by atoms with Crippen LogP contribution in [0.5, 0.6) is 0 Å². The number of carbonyl (C=O) groups excluding carboxylic acids is 1. The maximum absolute atomic E-state index is 13.6. The molecule has 1 aromatic heterocycles. The Kier molecular flexibility index (Phi) is 5.99. The molecule has 0 spiro atoms. The molecule has 0 unspecified atom stereocenters. The van der Waals surface area contributed by atoms with E-state index in [1.807, 2.05) is 58.0 Å². The Morgan fingerprint density at radius 2 is 1.86 bits per heavy atom. The summed E-state index contributed by atoms with van der Waals surface area (Å²) in [6.07, 6.45) is 3.38. The van der Waals surface area contributed by atoms with Crippen molar-refractivity contribution in [3.63, 3.8) is 0 Å². The maximum Gasteiger partial charge on any atom is 0.269 e. The second kappa shape index (κ2) is 8.29. The van der Waals surface area contributed by atoms with Crippen LogP contribution in [0.3, 0.4) is 0 Å². The molecule has 0 N–H and O–H groups in total. The van der Waals surface area contributed by atoms with Gasteiger partial charge in [0.25, 0.3) is 5.56 Å². The lowest BCUT2D eigenvalue weighted by molar-refractivity contribution is -0.120. The van der Waals surface area contributed by atoms with Crippen molar-refractivity contribution in [2.24, 2.45) is 5.41 Å². The molecule has 1 heterocycles. The van der Waals surface area contributed by atoms with E-state index in [-0.39, 0.29) is 23.7 Å². The van der Waals surface area contributed by atoms with Crippen molar-refractivity contribution in [2.45, 2.75) is 34.2 Å². The van der Waals surface area contributed by atoms with Crippen molar-refractivity contribution in [3.8, 4) is 0 Å². The van der Waals surface area contributed by atoms with Crippen LogP contribution in [0.4, 0.5) is 4.39 Å². The van der Waals surface area contributed by atoms with Crippen molar-refractivity contribution in [1.82, 2.24) is 4.57 Å². The number of aromatic nitrogens is 1. The van der Waals surface area contributed by atoms with E-state index < -0.39 is 5.41 Å². The second-order valence-electron chi connectivity index (χ2n) is 8.09. The van der Waals surface area contributed by atoms with Gasteiger partial charge in [-0.3, -0.25) is 14.2 Å². The van der Waals surface area contributed by atoms with Gasteiger partial charge in [-0.05, 0) is 41.8 Å². The van der Waals surface area contributed by atoms with Gasteiger partial charge in [0, 0.05) is 11.5 Å². The molecule has 0 aliphatic heterocycles. The Bertz CT molecular complexity index is 1230.